The van der Waals surface area contributed by atoms with Gasteiger partial charge in [-0.1, -0.05) is 36.4 Å². The first-order chi connectivity index (χ1) is 10.4. The number of nitrogens with zero attached hydrogens (tertiary/aromatic N) is 1. The highest BCUT2D eigenvalue weighted by Gasteiger charge is 2.30. The molecule has 0 aliphatic heterocycles. The molecule has 0 spiro atoms. The van der Waals surface area contributed by atoms with Gasteiger partial charge in [0.25, 0.3) is 0 Å². The lowest BCUT2D eigenvalue weighted by Gasteiger charge is -2.08. The van der Waals surface area contributed by atoms with Crippen molar-refractivity contribution < 1.29 is 17.9 Å². The van der Waals surface area contributed by atoms with Crippen LogP contribution < -0.4 is 4.74 Å². The molecule has 0 aliphatic carbocycles. The largest absolute Gasteiger partial charge is 0.573 e. The number of alkyl halides is 3. The summed E-state index contributed by atoms with van der Waals surface area (Å²) in [5.41, 5.74) is 2.54. The molecule has 2 aromatic rings. The smallest absolute Gasteiger partial charge is 0.406 e. The Labute approximate surface area is 126 Å². The van der Waals surface area contributed by atoms with Crippen molar-refractivity contribution in [3.63, 3.8) is 0 Å². The van der Waals surface area contributed by atoms with Gasteiger partial charge in [-0.3, -0.25) is 4.99 Å². The first kappa shape index (κ1) is 15.8. The highest BCUT2D eigenvalue weighted by atomic mass is 19.4. The van der Waals surface area contributed by atoms with Gasteiger partial charge in [-0.05, 0) is 42.3 Å². The van der Waals surface area contributed by atoms with E-state index in [9.17, 15) is 13.2 Å². The molecule has 0 amide bonds. The van der Waals surface area contributed by atoms with E-state index in [0.717, 1.165) is 11.1 Å². The third-order valence-electron chi connectivity index (χ3n) is 2.68. The summed E-state index contributed by atoms with van der Waals surface area (Å²) in [6, 6.07) is 15.2. The predicted octanol–water partition coefficient (Wildman–Crippen LogP) is 5.39. The summed E-state index contributed by atoms with van der Waals surface area (Å²) in [6.45, 7) is 1.90. The minimum Gasteiger partial charge on any atom is -0.406 e. The molecule has 0 aliphatic rings. The number of benzene rings is 2. The van der Waals surface area contributed by atoms with Crippen LogP contribution in [0.15, 0.2) is 65.2 Å². The molecule has 0 unspecified atom stereocenters. The van der Waals surface area contributed by atoms with Crippen LogP contribution in [-0.4, -0.2) is 12.6 Å². The molecule has 0 N–H and O–H groups in total. The first-order valence-corrected chi connectivity index (χ1v) is 6.56. The summed E-state index contributed by atoms with van der Waals surface area (Å²) >= 11 is 0. The monoisotopic (exact) mass is 305 g/mol. The molecule has 2 rings (SSSR count). The topological polar surface area (TPSA) is 21.6 Å². The average Bonchev–Trinajstić information content (AvgIpc) is 2.46. The van der Waals surface area contributed by atoms with Crippen molar-refractivity contribution >= 4 is 18.0 Å². The molecule has 114 valence electrons. The van der Waals surface area contributed by atoms with E-state index in [0.29, 0.717) is 5.69 Å². The number of hydrogen-bond donors (Lipinski definition) is 0. The van der Waals surface area contributed by atoms with E-state index >= 15 is 0 Å². The van der Waals surface area contributed by atoms with Crippen molar-refractivity contribution in [2.45, 2.75) is 13.3 Å². The second-order valence-corrected chi connectivity index (χ2v) is 4.60. The van der Waals surface area contributed by atoms with Crippen LogP contribution in [0.2, 0.25) is 0 Å². The zero-order chi connectivity index (χ0) is 16.0. The fourth-order valence-electron chi connectivity index (χ4n) is 1.76. The Kier molecular flexibility index (Phi) is 4.99. The maximum Gasteiger partial charge on any atom is 0.573 e. The lowest BCUT2D eigenvalue weighted by molar-refractivity contribution is -0.274. The molecule has 0 bridgehead atoms. The lowest BCUT2D eigenvalue weighted by Crippen LogP contribution is -2.16. The standard InChI is InChI=1S/C17H14F3NO/c1-13(11-14-5-3-2-4-6-14)12-21-15-7-9-16(10-8-15)22-17(18,19)20/h2-12H,1H3. The minimum absolute atomic E-state index is 0.261. The van der Waals surface area contributed by atoms with Crippen LogP contribution in [0.4, 0.5) is 18.9 Å². The zero-order valence-corrected chi connectivity index (χ0v) is 11.8. The second kappa shape index (κ2) is 6.93. The molecule has 2 aromatic carbocycles. The van der Waals surface area contributed by atoms with Crippen molar-refractivity contribution in [3.05, 3.63) is 65.7 Å². The first-order valence-electron chi connectivity index (χ1n) is 6.56. The van der Waals surface area contributed by atoms with E-state index in [1.807, 2.05) is 43.3 Å². The molecular weight excluding hydrogens is 291 g/mol. The fraction of sp³-hybridized carbons (Fsp3) is 0.118. The van der Waals surface area contributed by atoms with Gasteiger partial charge in [0.1, 0.15) is 5.75 Å². The van der Waals surface area contributed by atoms with Crippen molar-refractivity contribution in [2.24, 2.45) is 4.99 Å². The Balaban J connectivity index is 2.02. The SMILES string of the molecule is CC(C=Nc1ccc(OC(F)(F)F)cc1)=Cc1ccccc1. The van der Waals surface area contributed by atoms with Crippen LogP contribution >= 0.6 is 0 Å². The molecule has 0 fully saturated rings. The van der Waals surface area contributed by atoms with Gasteiger partial charge in [0.2, 0.25) is 0 Å². The van der Waals surface area contributed by atoms with Gasteiger partial charge in [0.05, 0.1) is 5.69 Å². The lowest BCUT2D eigenvalue weighted by atomic mass is 10.1. The van der Waals surface area contributed by atoms with Gasteiger partial charge in [-0.2, -0.15) is 0 Å². The Hall–Kier alpha value is -2.56. The van der Waals surface area contributed by atoms with E-state index < -0.39 is 6.36 Å². The number of halogens is 3. The van der Waals surface area contributed by atoms with Gasteiger partial charge in [0.15, 0.2) is 0 Å². The van der Waals surface area contributed by atoms with Crippen molar-refractivity contribution in [1.82, 2.24) is 0 Å². The number of ether oxygens (including phenoxy) is 1. The Morgan fingerprint density at radius 1 is 1.00 bits per heavy atom. The third-order valence-corrected chi connectivity index (χ3v) is 2.68. The van der Waals surface area contributed by atoms with E-state index in [2.05, 4.69) is 9.73 Å². The van der Waals surface area contributed by atoms with Gasteiger partial charge >= 0.3 is 6.36 Å². The number of rotatable bonds is 4. The van der Waals surface area contributed by atoms with Crippen LogP contribution in [-0.2, 0) is 0 Å². The number of aliphatic imine (C=N–C) groups is 1. The Bertz CT molecular complexity index is 659. The average molecular weight is 305 g/mol. The van der Waals surface area contributed by atoms with Gasteiger partial charge in [-0.25, -0.2) is 0 Å². The molecule has 0 saturated carbocycles. The zero-order valence-electron chi connectivity index (χ0n) is 11.8. The molecule has 0 atom stereocenters. The molecule has 0 aromatic heterocycles. The van der Waals surface area contributed by atoms with Crippen molar-refractivity contribution in [2.75, 3.05) is 0 Å². The summed E-state index contributed by atoms with van der Waals surface area (Å²) in [6.07, 6.45) is -1.06. The normalized spacial score (nSPS) is 12.6. The Morgan fingerprint density at radius 2 is 1.64 bits per heavy atom. The summed E-state index contributed by atoms with van der Waals surface area (Å²) < 4.78 is 39.9. The second-order valence-electron chi connectivity index (χ2n) is 4.60. The van der Waals surface area contributed by atoms with Crippen LogP contribution in [0, 0.1) is 0 Å². The van der Waals surface area contributed by atoms with Crippen LogP contribution in [0.1, 0.15) is 12.5 Å². The fourth-order valence-corrected chi connectivity index (χ4v) is 1.76. The van der Waals surface area contributed by atoms with Crippen LogP contribution in [0.3, 0.4) is 0 Å². The van der Waals surface area contributed by atoms with E-state index in [-0.39, 0.29) is 5.75 Å². The van der Waals surface area contributed by atoms with Gasteiger partial charge in [0, 0.05) is 6.21 Å². The Morgan fingerprint density at radius 3 is 2.23 bits per heavy atom. The van der Waals surface area contributed by atoms with Gasteiger partial charge in [-0.15, -0.1) is 13.2 Å². The highest BCUT2D eigenvalue weighted by molar-refractivity contribution is 5.86. The molecule has 0 radical (unpaired) electrons. The minimum atomic E-state index is -4.68. The molecule has 2 nitrogen and oxygen atoms in total. The maximum absolute atomic E-state index is 12.0. The van der Waals surface area contributed by atoms with Crippen molar-refractivity contribution in [1.29, 1.82) is 0 Å². The quantitative estimate of drug-likeness (QED) is 0.694. The molecule has 0 heterocycles. The summed E-state index contributed by atoms with van der Waals surface area (Å²) in [5, 5.41) is 0. The number of allylic oxidation sites excluding steroid dienone is 1. The molecule has 5 heteroatoms. The van der Waals surface area contributed by atoms with E-state index in [4.69, 9.17) is 0 Å². The molecule has 22 heavy (non-hydrogen) atoms. The number of hydrogen-bond acceptors (Lipinski definition) is 2. The molecular formula is C17H14F3NO. The van der Waals surface area contributed by atoms with Crippen molar-refractivity contribution in [3.8, 4) is 5.75 Å². The third kappa shape index (κ3) is 5.44. The predicted molar refractivity (Wildman–Crippen MR) is 81.4 cm³/mol. The van der Waals surface area contributed by atoms with Crippen LogP contribution in [0.25, 0.3) is 6.08 Å². The summed E-state index contributed by atoms with van der Waals surface area (Å²) in [5.74, 6) is -0.261. The summed E-state index contributed by atoms with van der Waals surface area (Å²) in [4.78, 5) is 4.21. The van der Waals surface area contributed by atoms with Crippen LogP contribution in [0.5, 0.6) is 5.75 Å². The van der Waals surface area contributed by atoms with E-state index in [1.54, 1.807) is 6.21 Å². The maximum atomic E-state index is 12.0. The molecule has 0 saturated heterocycles. The van der Waals surface area contributed by atoms with E-state index in [1.165, 1.54) is 24.3 Å². The van der Waals surface area contributed by atoms with Gasteiger partial charge < -0.3 is 4.74 Å². The highest BCUT2D eigenvalue weighted by Crippen LogP contribution is 2.24. The summed E-state index contributed by atoms with van der Waals surface area (Å²) in [7, 11) is 0.